The lowest BCUT2D eigenvalue weighted by Gasteiger charge is -2.38. The molecule has 180 valence electrons. The van der Waals surface area contributed by atoms with Crippen molar-refractivity contribution >= 4 is 16.9 Å². The van der Waals surface area contributed by atoms with Crippen molar-refractivity contribution in [2.75, 3.05) is 0 Å². The normalized spacial score (nSPS) is 24.7. The first-order valence-corrected chi connectivity index (χ1v) is 9.64. The van der Waals surface area contributed by atoms with Crippen molar-refractivity contribution in [2.24, 2.45) is 0 Å². The van der Waals surface area contributed by atoms with Gasteiger partial charge in [-0.15, -0.1) is 0 Å². The minimum Gasteiger partial charge on any atom is -0.508 e. The molecule has 0 amide bonds. The fourth-order valence-electron chi connectivity index (χ4n) is 3.47. The van der Waals surface area contributed by atoms with Crippen molar-refractivity contribution < 1.29 is 59.5 Å². The molecule has 13 nitrogen and oxygen atoms in total. The number of hydrogen-bond donors (Lipinski definition) is 8. The third kappa shape index (κ3) is 3.72. The second-order valence-electron chi connectivity index (χ2n) is 7.46. The van der Waals surface area contributed by atoms with Crippen molar-refractivity contribution in [3.05, 3.63) is 40.6 Å². The van der Waals surface area contributed by atoms with E-state index in [4.69, 9.17) is 19.0 Å². The van der Waals surface area contributed by atoms with E-state index in [1.807, 2.05) is 0 Å². The smallest absolute Gasteiger partial charge is 0.335 e. The first-order chi connectivity index (χ1) is 16.0. The van der Waals surface area contributed by atoms with Crippen LogP contribution < -0.4 is 10.2 Å². The van der Waals surface area contributed by atoms with E-state index in [2.05, 4.69) is 0 Å². The summed E-state index contributed by atoms with van der Waals surface area (Å²) in [6.45, 7) is 0. The van der Waals surface area contributed by atoms with Crippen molar-refractivity contribution in [1.29, 1.82) is 0 Å². The number of aromatic hydroxyl groups is 4. The number of aliphatic carboxylic acids is 1. The van der Waals surface area contributed by atoms with Gasteiger partial charge < -0.3 is 54.7 Å². The molecule has 13 heteroatoms. The quantitative estimate of drug-likeness (QED) is 0.223. The summed E-state index contributed by atoms with van der Waals surface area (Å²) < 4.78 is 15.7. The number of carbonyl (C=O) groups is 1. The lowest BCUT2D eigenvalue weighted by atomic mass is 9.99. The highest BCUT2D eigenvalue weighted by Crippen LogP contribution is 2.43. The number of phenols is 3. The van der Waals surface area contributed by atoms with Gasteiger partial charge >= 0.3 is 5.97 Å². The Morgan fingerprint density at radius 1 is 0.912 bits per heavy atom. The minimum absolute atomic E-state index is 0.111. The largest absolute Gasteiger partial charge is 0.508 e. The van der Waals surface area contributed by atoms with Crippen molar-refractivity contribution in [3.63, 3.8) is 0 Å². The number of fused-ring (bicyclic) bond motifs is 1. The Kier molecular flexibility index (Phi) is 5.70. The van der Waals surface area contributed by atoms with E-state index in [0.717, 1.165) is 6.07 Å². The van der Waals surface area contributed by atoms with Gasteiger partial charge in [-0.05, 0) is 24.3 Å². The summed E-state index contributed by atoms with van der Waals surface area (Å²) in [5, 5.41) is 79.0. The zero-order valence-corrected chi connectivity index (χ0v) is 16.9. The summed E-state index contributed by atoms with van der Waals surface area (Å²) in [5.41, 5.74) is -1.62. The first-order valence-electron chi connectivity index (χ1n) is 9.64. The number of carboxylic acids is 1. The van der Waals surface area contributed by atoms with E-state index < -0.39 is 81.8 Å². The number of carboxylic acid groups (broad SMARTS) is 1. The molecule has 1 aliphatic heterocycles. The molecule has 0 bridgehead atoms. The summed E-state index contributed by atoms with van der Waals surface area (Å²) in [4.78, 5) is 23.9. The standard InChI is InChI=1S/C21H18O13/c22-7-3-1-6(2-4-7)17-14(27)12(25)10-8(23)5-9(11(24)18(10)33-17)32-21-16(29)13(26)15(28)19(34-21)20(30)31/h1-5,13,15-16,19,21-24,26-29H,(H,30,31)/t13-,15-,16+,19-,21+/m0/s1. The molecular weight excluding hydrogens is 460 g/mol. The summed E-state index contributed by atoms with van der Waals surface area (Å²) in [5.74, 6) is -5.44. The fourth-order valence-corrected chi connectivity index (χ4v) is 3.47. The van der Waals surface area contributed by atoms with Crippen LogP contribution >= 0.6 is 0 Å². The van der Waals surface area contributed by atoms with E-state index in [1.54, 1.807) is 0 Å². The maximum atomic E-state index is 12.7. The number of benzene rings is 2. The Morgan fingerprint density at radius 2 is 1.56 bits per heavy atom. The van der Waals surface area contributed by atoms with Crippen LogP contribution in [0.1, 0.15) is 0 Å². The average Bonchev–Trinajstić information content (AvgIpc) is 2.79. The lowest BCUT2D eigenvalue weighted by Crippen LogP contribution is -2.61. The maximum absolute atomic E-state index is 12.7. The Morgan fingerprint density at radius 3 is 2.18 bits per heavy atom. The van der Waals surface area contributed by atoms with Crippen LogP contribution in [0.3, 0.4) is 0 Å². The van der Waals surface area contributed by atoms with Gasteiger partial charge in [0.15, 0.2) is 23.2 Å². The van der Waals surface area contributed by atoms with Gasteiger partial charge in [0.1, 0.15) is 35.2 Å². The monoisotopic (exact) mass is 478 g/mol. The number of phenolic OH excluding ortho intramolecular Hbond substituents is 3. The van der Waals surface area contributed by atoms with Gasteiger partial charge in [0.05, 0.1) is 0 Å². The van der Waals surface area contributed by atoms with Crippen LogP contribution in [0, 0.1) is 0 Å². The van der Waals surface area contributed by atoms with E-state index in [9.17, 15) is 45.3 Å². The Labute approximate surface area is 188 Å². The highest BCUT2D eigenvalue weighted by Gasteiger charge is 2.48. The molecule has 4 rings (SSSR count). The molecule has 0 unspecified atom stereocenters. The van der Waals surface area contributed by atoms with E-state index in [-0.39, 0.29) is 11.3 Å². The Balaban J connectivity index is 1.81. The van der Waals surface area contributed by atoms with Gasteiger partial charge in [0, 0.05) is 11.6 Å². The van der Waals surface area contributed by atoms with Crippen LogP contribution in [0.25, 0.3) is 22.3 Å². The summed E-state index contributed by atoms with van der Waals surface area (Å²) in [6.07, 6.45) is -9.87. The van der Waals surface area contributed by atoms with Gasteiger partial charge in [-0.25, -0.2) is 4.79 Å². The van der Waals surface area contributed by atoms with Crippen LogP contribution in [-0.2, 0) is 9.53 Å². The number of aliphatic hydroxyl groups is 3. The third-order valence-electron chi connectivity index (χ3n) is 5.25. The van der Waals surface area contributed by atoms with Crippen LogP contribution in [0.4, 0.5) is 0 Å². The first kappa shape index (κ1) is 23.1. The molecule has 1 saturated heterocycles. The van der Waals surface area contributed by atoms with Crippen LogP contribution in [0.5, 0.6) is 28.7 Å². The molecule has 3 aromatic rings. The Hall–Kier alpha value is -4.04. The summed E-state index contributed by atoms with van der Waals surface area (Å²) >= 11 is 0. The average molecular weight is 478 g/mol. The molecule has 1 fully saturated rings. The number of hydrogen-bond acceptors (Lipinski definition) is 12. The Bertz CT molecular complexity index is 1310. The van der Waals surface area contributed by atoms with Crippen LogP contribution in [-0.4, -0.2) is 77.5 Å². The molecule has 8 N–H and O–H groups in total. The van der Waals surface area contributed by atoms with Crippen LogP contribution in [0.2, 0.25) is 0 Å². The lowest BCUT2D eigenvalue weighted by molar-refractivity contribution is -0.271. The maximum Gasteiger partial charge on any atom is 0.335 e. The van der Waals surface area contributed by atoms with E-state index in [0.29, 0.717) is 0 Å². The molecule has 5 atom stereocenters. The molecule has 0 spiro atoms. The van der Waals surface area contributed by atoms with Gasteiger partial charge in [-0.3, -0.25) is 4.79 Å². The van der Waals surface area contributed by atoms with Gasteiger partial charge in [0.2, 0.25) is 23.2 Å². The predicted octanol–water partition coefficient (Wildman–Crippen LogP) is -0.447. The highest BCUT2D eigenvalue weighted by molar-refractivity contribution is 5.93. The topological polar surface area (TPSA) is 228 Å². The van der Waals surface area contributed by atoms with Crippen molar-refractivity contribution in [1.82, 2.24) is 0 Å². The number of ether oxygens (including phenoxy) is 2. The summed E-state index contributed by atoms with van der Waals surface area (Å²) in [7, 11) is 0. The molecule has 34 heavy (non-hydrogen) atoms. The second-order valence-corrected chi connectivity index (χ2v) is 7.46. The predicted molar refractivity (Wildman–Crippen MR) is 110 cm³/mol. The fraction of sp³-hybridized carbons (Fsp3) is 0.238. The van der Waals surface area contributed by atoms with E-state index >= 15 is 0 Å². The third-order valence-corrected chi connectivity index (χ3v) is 5.25. The minimum atomic E-state index is -1.99. The van der Waals surface area contributed by atoms with Crippen molar-refractivity contribution in [2.45, 2.75) is 30.7 Å². The van der Waals surface area contributed by atoms with Gasteiger partial charge in [0.25, 0.3) is 0 Å². The molecule has 2 heterocycles. The molecular formula is C21H18O13. The summed E-state index contributed by atoms with van der Waals surface area (Å²) in [6, 6.07) is 5.83. The van der Waals surface area contributed by atoms with Gasteiger partial charge in [-0.2, -0.15) is 0 Å². The highest BCUT2D eigenvalue weighted by atomic mass is 16.7. The van der Waals surface area contributed by atoms with Gasteiger partial charge in [-0.1, -0.05) is 0 Å². The second kappa shape index (κ2) is 8.39. The zero-order valence-electron chi connectivity index (χ0n) is 16.9. The molecule has 0 radical (unpaired) electrons. The molecule has 1 aromatic heterocycles. The SMILES string of the molecule is O=C(O)[C@H]1O[C@@H](Oc2cc(O)c3c(=O)c(O)c(-c4ccc(O)cc4)oc3c2O)[C@H](O)[C@@H](O)[C@@H]1O. The van der Waals surface area contributed by atoms with E-state index in [1.165, 1.54) is 24.3 Å². The number of aliphatic hydroxyl groups excluding tert-OH is 3. The molecule has 2 aromatic carbocycles. The number of rotatable bonds is 4. The molecule has 0 aliphatic carbocycles. The van der Waals surface area contributed by atoms with Crippen LogP contribution in [0.15, 0.2) is 39.5 Å². The molecule has 0 saturated carbocycles. The van der Waals surface area contributed by atoms with Crippen molar-refractivity contribution in [3.8, 4) is 40.1 Å². The molecule has 1 aliphatic rings. The zero-order chi connectivity index (χ0) is 24.9.